The molecular weight excluding hydrogens is 517 g/mol. The second kappa shape index (κ2) is 13.2. The highest BCUT2D eigenvalue weighted by Crippen LogP contribution is 2.25. The number of anilines is 4. The van der Waals surface area contributed by atoms with Crippen LogP contribution in [0, 0.1) is 0 Å². The predicted molar refractivity (Wildman–Crippen MR) is 141 cm³/mol. The molecule has 0 atom stereocenters. The SMILES string of the molecule is C=CC(=O)Nc1cccc(Oc2ccnc(Nc3ccc(N4CCN(C)CC4)cc3)n2)c1.O=C(O)C(F)(F)F. The van der Waals surface area contributed by atoms with Crippen LogP contribution in [0.2, 0.25) is 0 Å². The Hall–Kier alpha value is -4.65. The first-order chi connectivity index (χ1) is 18.5. The summed E-state index contributed by atoms with van der Waals surface area (Å²) < 4.78 is 37.6. The summed E-state index contributed by atoms with van der Waals surface area (Å²) in [6.45, 7) is 7.66. The van der Waals surface area contributed by atoms with Crippen LogP contribution >= 0.6 is 0 Å². The summed E-state index contributed by atoms with van der Waals surface area (Å²) in [6.07, 6.45) is -2.24. The van der Waals surface area contributed by atoms with Gasteiger partial charge in [-0.3, -0.25) is 4.79 Å². The number of carbonyl (C=O) groups excluding carboxylic acids is 1. The minimum absolute atomic E-state index is 0.283. The van der Waals surface area contributed by atoms with Crippen molar-refractivity contribution in [3.05, 3.63) is 73.4 Å². The number of nitrogens with one attached hydrogen (secondary N) is 2. The molecule has 206 valence electrons. The van der Waals surface area contributed by atoms with Crippen LogP contribution in [0.15, 0.2) is 73.4 Å². The van der Waals surface area contributed by atoms with Crippen molar-refractivity contribution in [1.82, 2.24) is 14.9 Å². The van der Waals surface area contributed by atoms with E-state index >= 15 is 0 Å². The third-order valence-electron chi connectivity index (χ3n) is 5.37. The average molecular weight is 545 g/mol. The summed E-state index contributed by atoms with van der Waals surface area (Å²) in [4.78, 5) is 33.8. The number of carbonyl (C=O) groups is 2. The summed E-state index contributed by atoms with van der Waals surface area (Å²) in [5, 5.41) is 13.0. The van der Waals surface area contributed by atoms with E-state index in [1.165, 1.54) is 11.8 Å². The van der Waals surface area contributed by atoms with Gasteiger partial charge in [0, 0.05) is 61.6 Å². The number of rotatable bonds is 7. The number of likely N-dealkylation sites (N-methyl/N-ethyl adjacent to an activating group) is 1. The lowest BCUT2D eigenvalue weighted by Gasteiger charge is -2.34. The highest BCUT2D eigenvalue weighted by Gasteiger charge is 2.38. The molecule has 2 aromatic carbocycles. The minimum atomic E-state index is -5.08. The maximum absolute atomic E-state index is 11.5. The second-order valence-electron chi connectivity index (χ2n) is 8.31. The van der Waals surface area contributed by atoms with Crippen molar-refractivity contribution in [2.45, 2.75) is 6.18 Å². The van der Waals surface area contributed by atoms with Crippen LogP contribution in [0.4, 0.5) is 36.2 Å². The molecule has 1 fully saturated rings. The van der Waals surface area contributed by atoms with Crippen molar-refractivity contribution < 1.29 is 32.6 Å². The highest BCUT2D eigenvalue weighted by molar-refractivity contribution is 5.98. The van der Waals surface area contributed by atoms with Gasteiger partial charge < -0.3 is 30.3 Å². The monoisotopic (exact) mass is 544 g/mol. The standard InChI is InChI=1S/C24H26N6O2.C2HF3O2/c1-3-22(31)26-19-5-4-6-21(17-19)32-23-11-12-25-24(28-23)27-18-7-9-20(10-8-18)30-15-13-29(2)14-16-30;3-2(4,5)1(6)7/h3-12,17H,1,13-16H2,2H3,(H,26,31)(H,25,27,28);(H,6,7). The molecule has 1 aliphatic heterocycles. The van der Waals surface area contributed by atoms with E-state index in [9.17, 15) is 18.0 Å². The van der Waals surface area contributed by atoms with Gasteiger partial charge in [0.1, 0.15) is 5.75 Å². The van der Waals surface area contributed by atoms with Crippen LogP contribution in [-0.2, 0) is 9.59 Å². The lowest BCUT2D eigenvalue weighted by molar-refractivity contribution is -0.192. The lowest BCUT2D eigenvalue weighted by atomic mass is 10.2. The number of piperazine rings is 1. The van der Waals surface area contributed by atoms with Crippen LogP contribution in [0.5, 0.6) is 11.6 Å². The summed E-state index contributed by atoms with van der Waals surface area (Å²) in [5.74, 6) is -1.66. The van der Waals surface area contributed by atoms with E-state index in [2.05, 4.69) is 56.2 Å². The van der Waals surface area contributed by atoms with E-state index in [0.29, 0.717) is 23.3 Å². The number of hydrogen-bond donors (Lipinski definition) is 3. The number of hydrogen-bond acceptors (Lipinski definition) is 8. The lowest BCUT2D eigenvalue weighted by Crippen LogP contribution is -2.44. The fourth-order valence-corrected chi connectivity index (χ4v) is 3.36. The van der Waals surface area contributed by atoms with Crippen molar-refractivity contribution >= 4 is 34.9 Å². The molecule has 39 heavy (non-hydrogen) atoms. The molecule has 1 aromatic heterocycles. The number of aromatic nitrogens is 2. The fraction of sp³-hybridized carbons (Fsp3) is 0.231. The Morgan fingerprint density at radius 1 is 1.05 bits per heavy atom. The molecule has 2 heterocycles. The van der Waals surface area contributed by atoms with Gasteiger partial charge in [0.25, 0.3) is 0 Å². The largest absolute Gasteiger partial charge is 0.490 e. The number of nitrogens with zero attached hydrogens (tertiary/aromatic N) is 4. The number of carboxylic acids is 1. The Labute approximate surface area is 222 Å². The minimum Gasteiger partial charge on any atom is -0.475 e. The summed E-state index contributed by atoms with van der Waals surface area (Å²) >= 11 is 0. The van der Waals surface area contributed by atoms with Gasteiger partial charge in [-0.2, -0.15) is 18.2 Å². The Morgan fingerprint density at radius 3 is 2.33 bits per heavy atom. The van der Waals surface area contributed by atoms with Gasteiger partial charge in [-0.05, 0) is 49.5 Å². The summed E-state index contributed by atoms with van der Waals surface area (Å²) in [6, 6.07) is 17.0. The molecule has 1 amide bonds. The molecule has 0 aliphatic carbocycles. The van der Waals surface area contributed by atoms with E-state index in [-0.39, 0.29) is 5.91 Å². The number of amides is 1. The molecule has 3 N–H and O–H groups in total. The molecule has 0 unspecified atom stereocenters. The molecule has 0 bridgehead atoms. The molecule has 4 rings (SSSR count). The van der Waals surface area contributed by atoms with E-state index in [1.54, 1.807) is 36.5 Å². The Kier molecular flexibility index (Phi) is 9.81. The van der Waals surface area contributed by atoms with Crippen molar-refractivity contribution in [2.24, 2.45) is 0 Å². The molecule has 13 heteroatoms. The molecular formula is C26H27F3N6O4. The molecule has 10 nitrogen and oxygen atoms in total. The van der Waals surface area contributed by atoms with Gasteiger partial charge in [-0.1, -0.05) is 12.6 Å². The quantitative estimate of drug-likeness (QED) is 0.369. The van der Waals surface area contributed by atoms with Crippen LogP contribution < -0.4 is 20.3 Å². The molecule has 0 radical (unpaired) electrons. The number of alkyl halides is 3. The zero-order chi connectivity index (χ0) is 28.4. The van der Waals surface area contributed by atoms with Gasteiger partial charge >= 0.3 is 12.1 Å². The van der Waals surface area contributed by atoms with Gasteiger partial charge in [-0.25, -0.2) is 9.78 Å². The van der Waals surface area contributed by atoms with Gasteiger partial charge in [0.2, 0.25) is 17.7 Å². The number of halogens is 3. The van der Waals surface area contributed by atoms with E-state index < -0.39 is 12.1 Å². The third kappa shape index (κ3) is 9.31. The molecule has 1 aliphatic rings. The van der Waals surface area contributed by atoms with Crippen molar-refractivity contribution in [3.8, 4) is 11.6 Å². The fourth-order valence-electron chi connectivity index (χ4n) is 3.36. The zero-order valence-electron chi connectivity index (χ0n) is 21.0. The maximum Gasteiger partial charge on any atom is 0.490 e. The summed E-state index contributed by atoms with van der Waals surface area (Å²) in [5.41, 5.74) is 2.72. The highest BCUT2D eigenvalue weighted by atomic mass is 19.4. The Balaban J connectivity index is 0.000000532. The third-order valence-corrected chi connectivity index (χ3v) is 5.37. The predicted octanol–water partition coefficient (Wildman–Crippen LogP) is 4.52. The van der Waals surface area contributed by atoms with Gasteiger partial charge in [0.15, 0.2) is 0 Å². The molecule has 1 saturated heterocycles. The Bertz CT molecular complexity index is 1280. The molecule has 0 saturated carbocycles. The van der Waals surface area contributed by atoms with Gasteiger partial charge in [-0.15, -0.1) is 0 Å². The molecule has 3 aromatic rings. The summed E-state index contributed by atoms with van der Waals surface area (Å²) in [7, 11) is 2.15. The average Bonchev–Trinajstić information content (AvgIpc) is 2.90. The Morgan fingerprint density at radius 2 is 1.72 bits per heavy atom. The van der Waals surface area contributed by atoms with Crippen LogP contribution in [-0.4, -0.2) is 71.3 Å². The second-order valence-corrected chi connectivity index (χ2v) is 8.31. The maximum atomic E-state index is 11.5. The van der Waals surface area contributed by atoms with E-state index in [0.717, 1.165) is 31.9 Å². The van der Waals surface area contributed by atoms with Crippen LogP contribution in [0.1, 0.15) is 0 Å². The number of benzene rings is 2. The van der Waals surface area contributed by atoms with E-state index in [4.69, 9.17) is 14.6 Å². The molecule has 0 spiro atoms. The topological polar surface area (TPSA) is 120 Å². The number of aliphatic carboxylic acids is 1. The van der Waals surface area contributed by atoms with Crippen molar-refractivity contribution in [3.63, 3.8) is 0 Å². The number of ether oxygens (including phenoxy) is 1. The van der Waals surface area contributed by atoms with E-state index in [1.807, 2.05) is 12.1 Å². The first-order valence-corrected chi connectivity index (χ1v) is 11.7. The first-order valence-electron chi connectivity index (χ1n) is 11.7. The van der Waals surface area contributed by atoms with Crippen molar-refractivity contribution in [1.29, 1.82) is 0 Å². The smallest absolute Gasteiger partial charge is 0.475 e. The van der Waals surface area contributed by atoms with Crippen LogP contribution in [0.3, 0.4) is 0 Å². The zero-order valence-corrected chi connectivity index (χ0v) is 21.0. The number of carboxylic acid groups (broad SMARTS) is 1. The van der Waals surface area contributed by atoms with Crippen LogP contribution in [0.25, 0.3) is 0 Å². The van der Waals surface area contributed by atoms with Crippen molar-refractivity contribution in [2.75, 3.05) is 48.8 Å². The first kappa shape index (κ1) is 28.9. The van der Waals surface area contributed by atoms with Gasteiger partial charge in [0.05, 0.1) is 0 Å². The normalized spacial score (nSPS) is 13.5.